The summed E-state index contributed by atoms with van der Waals surface area (Å²) >= 11 is 0. The molecule has 0 aromatic heterocycles. The van der Waals surface area contributed by atoms with Crippen molar-refractivity contribution in [3.63, 3.8) is 0 Å². The number of carbonyl (C=O) groups excluding carboxylic acids is 1. The van der Waals surface area contributed by atoms with Gasteiger partial charge in [-0.2, -0.15) is 0 Å². The summed E-state index contributed by atoms with van der Waals surface area (Å²) in [5.41, 5.74) is 1.09. The lowest BCUT2D eigenvalue weighted by Crippen LogP contribution is -2.50. The SMILES string of the molecule is CO[C@@H](CNC(=O)N[C@H]1CCOC2(CCCC2)C1)c1ccccc1. The van der Waals surface area contributed by atoms with Crippen LogP contribution in [0.5, 0.6) is 0 Å². The van der Waals surface area contributed by atoms with Crippen LogP contribution >= 0.6 is 0 Å². The van der Waals surface area contributed by atoms with Crippen molar-refractivity contribution in [1.82, 2.24) is 10.6 Å². The predicted molar refractivity (Wildman–Crippen MR) is 92.9 cm³/mol. The fourth-order valence-electron chi connectivity index (χ4n) is 3.95. The van der Waals surface area contributed by atoms with Crippen LogP contribution in [-0.2, 0) is 9.47 Å². The zero-order chi connectivity index (χ0) is 16.8. The Morgan fingerprint density at radius 2 is 2.08 bits per heavy atom. The molecular formula is C19H28N2O3. The van der Waals surface area contributed by atoms with Gasteiger partial charge in [0.25, 0.3) is 0 Å². The number of urea groups is 1. The first kappa shape index (κ1) is 17.2. The number of hydrogen-bond acceptors (Lipinski definition) is 3. The van der Waals surface area contributed by atoms with E-state index in [0.717, 1.165) is 37.9 Å². The third-order valence-electron chi connectivity index (χ3n) is 5.25. The molecule has 2 aliphatic rings. The molecule has 0 radical (unpaired) electrons. The molecule has 5 heteroatoms. The van der Waals surface area contributed by atoms with E-state index in [9.17, 15) is 4.79 Å². The molecule has 1 spiro atoms. The maximum atomic E-state index is 12.2. The number of hydrogen-bond donors (Lipinski definition) is 2. The van der Waals surface area contributed by atoms with Crippen LogP contribution in [0.2, 0.25) is 0 Å². The van der Waals surface area contributed by atoms with Crippen molar-refractivity contribution >= 4 is 6.03 Å². The minimum atomic E-state index is -0.132. The molecule has 2 amide bonds. The lowest BCUT2D eigenvalue weighted by molar-refractivity contribution is -0.0820. The summed E-state index contributed by atoms with van der Waals surface area (Å²) < 4.78 is 11.5. The van der Waals surface area contributed by atoms with Crippen molar-refractivity contribution in [2.75, 3.05) is 20.3 Å². The van der Waals surface area contributed by atoms with Crippen LogP contribution in [0.4, 0.5) is 4.79 Å². The molecule has 1 saturated carbocycles. The van der Waals surface area contributed by atoms with E-state index in [1.54, 1.807) is 7.11 Å². The summed E-state index contributed by atoms with van der Waals surface area (Å²) in [5.74, 6) is 0. The van der Waals surface area contributed by atoms with Crippen LogP contribution in [0.15, 0.2) is 30.3 Å². The van der Waals surface area contributed by atoms with Crippen molar-refractivity contribution in [2.45, 2.75) is 56.3 Å². The molecule has 2 fully saturated rings. The van der Waals surface area contributed by atoms with Gasteiger partial charge in [0, 0.05) is 26.3 Å². The molecule has 1 heterocycles. The molecule has 1 aliphatic carbocycles. The van der Waals surface area contributed by atoms with Crippen molar-refractivity contribution in [2.24, 2.45) is 0 Å². The van der Waals surface area contributed by atoms with E-state index in [4.69, 9.17) is 9.47 Å². The monoisotopic (exact) mass is 332 g/mol. The number of ether oxygens (including phenoxy) is 2. The van der Waals surface area contributed by atoms with E-state index in [1.807, 2.05) is 30.3 Å². The Kier molecular flexibility index (Phi) is 5.74. The molecule has 132 valence electrons. The Bertz CT molecular complexity index is 529. The molecule has 5 nitrogen and oxygen atoms in total. The molecule has 0 unspecified atom stereocenters. The van der Waals surface area contributed by atoms with E-state index in [0.29, 0.717) is 6.54 Å². The first-order valence-electron chi connectivity index (χ1n) is 8.97. The first-order chi connectivity index (χ1) is 11.7. The summed E-state index contributed by atoms with van der Waals surface area (Å²) in [5, 5.41) is 6.06. The van der Waals surface area contributed by atoms with Gasteiger partial charge in [0.15, 0.2) is 0 Å². The van der Waals surface area contributed by atoms with Crippen LogP contribution in [0.3, 0.4) is 0 Å². The summed E-state index contributed by atoms with van der Waals surface area (Å²) in [6, 6.07) is 10.0. The maximum absolute atomic E-state index is 12.2. The smallest absolute Gasteiger partial charge is 0.315 e. The van der Waals surface area contributed by atoms with Crippen LogP contribution < -0.4 is 10.6 Å². The molecule has 2 atom stereocenters. The Balaban J connectivity index is 1.47. The summed E-state index contributed by atoms with van der Waals surface area (Å²) in [7, 11) is 1.67. The fraction of sp³-hybridized carbons (Fsp3) is 0.632. The second-order valence-electron chi connectivity index (χ2n) is 6.92. The highest BCUT2D eigenvalue weighted by atomic mass is 16.5. The molecule has 1 aliphatic heterocycles. The number of nitrogens with one attached hydrogen (secondary N) is 2. The number of rotatable bonds is 5. The van der Waals surface area contributed by atoms with Crippen molar-refractivity contribution in [3.8, 4) is 0 Å². The lowest BCUT2D eigenvalue weighted by Gasteiger charge is -2.38. The van der Waals surface area contributed by atoms with Gasteiger partial charge in [-0.15, -0.1) is 0 Å². The van der Waals surface area contributed by atoms with Gasteiger partial charge in [-0.25, -0.2) is 4.79 Å². The van der Waals surface area contributed by atoms with E-state index >= 15 is 0 Å². The van der Waals surface area contributed by atoms with Gasteiger partial charge >= 0.3 is 6.03 Å². The third kappa shape index (κ3) is 4.28. The zero-order valence-electron chi connectivity index (χ0n) is 14.4. The second-order valence-corrected chi connectivity index (χ2v) is 6.92. The number of benzene rings is 1. The molecule has 2 N–H and O–H groups in total. The normalized spacial score (nSPS) is 23.8. The van der Waals surface area contributed by atoms with E-state index in [-0.39, 0.29) is 23.8 Å². The largest absolute Gasteiger partial charge is 0.375 e. The Morgan fingerprint density at radius 3 is 2.79 bits per heavy atom. The number of amides is 2. The van der Waals surface area contributed by atoms with Crippen LogP contribution in [0.25, 0.3) is 0 Å². The lowest BCUT2D eigenvalue weighted by atomic mass is 9.89. The second kappa shape index (κ2) is 7.99. The van der Waals surface area contributed by atoms with Crippen LogP contribution in [-0.4, -0.2) is 37.9 Å². The molecule has 1 aromatic carbocycles. The molecule has 24 heavy (non-hydrogen) atoms. The Morgan fingerprint density at radius 1 is 1.33 bits per heavy atom. The van der Waals surface area contributed by atoms with Gasteiger partial charge in [0.2, 0.25) is 0 Å². The summed E-state index contributed by atoms with van der Waals surface area (Å²) in [4.78, 5) is 12.2. The van der Waals surface area contributed by atoms with Crippen molar-refractivity contribution < 1.29 is 14.3 Å². The van der Waals surface area contributed by atoms with E-state index in [1.165, 1.54) is 12.8 Å². The van der Waals surface area contributed by atoms with Crippen molar-refractivity contribution in [3.05, 3.63) is 35.9 Å². The Hall–Kier alpha value is -1.59. The molecule has 1 saturated heterocycles. The van der Waals surface area contributed by atoms with Gasteiger partial charge < -0.3 is 20.1 Å². The van der Waals surface area contributed by atoms with Gasteiger partial charge in [-0.1, -0.05) is 43.2 Å². The van der Waals surface area contributed by atoms with Gasteiger partial charge in [-0.05, 0) is 31.2 Å². The highest BCUT2D eigenvalue weighted by molar-refractivity contribution is 5.74. The molecular weight excluding hydrogens is 304 g/mol. The number of carbonyl (C=O) groups is 1. The highest BCUT2D eigenvalue weighted by Crippen LogP contribution is 2.39. The topological polar surface area (TPSA) is 59.6 Å². The molecule has 3 rings (SSSR count). The van der Waals surface area contributed by atoms with E-state index < -0.39 is 0 Å². The Labute approximate surface area is 144 Å². The summed E-state index contributed by atoms with van der Waals surface area (Å²) in [6.07, 6.45) is 6.44. The molecule has 1 aromatic rings. The zero-order valence-corrected chi connectivity index (χ0v) is 14.4. The fourth-order valence-corrected chi connectivity index (χ4v) is 3.95. The molecule has 0 bridgehead atoms. The average Bonchev–Trinajstić information content (AvgIpc) is 3.04. The van der Waals surface area contributed by atoms with Gasteiger partial charge in [0.1, 0.15) is 0 Å². The minimum Gasteiger partial charge on any atom is -0.375 e. The number of methoxy groups -OCH3 is 1. The maximum Gasteiger partial charge on any atom is 0.315 e. The average molecular weight is 332 g/mol. The standard InChI is InChI=1S/C19H28N2O3/c1-23-17(15-7-3-2-4-8-15)14-20-18(22)21-16-9-12-24-19(13-16)10-5-6-11-19/h2-4,7-8,16-17H,5-6,9-14H2,1H3,(H2,20,21,22)/t16-,17-/m0/s1. The van der Waals surface area contributed by atoms with E-state index in [2.05, 4.69) is 10.6 Å². The first-order valence-corrected chi connectivity index (χ1v) is 8.97. The predicted octanol–water partition coefficient (Wildman–Crippen LogP) is 3.17. The highest BCUT2D eigenvalue weighted by Gasteiger charge is 2.40. The van der Waals surface area contributed by atoms with Gasteiger partial charge in [0.05, 0.1) is 11.7 Å². The summed E-state index contributed by atoms with van der Waals surface area (Å²) in [6.45, 7) is 1.20. The van der Waals surface area contributed by atoms with Crippen molar-refractivity contribution in [1.29, 1.82) is 0 Å². The third-order valence-corrected chi connectivity index (χ3v) is 5.25. The van der Waals surface area contributed by atoms with Gasteiger partial charge in [-0.3, -0.25) is 0 Å². The quantitative estimate of drug-likeness (QED) is 0.871. The van der Waals surface area contributed by atoms with Crippen LogP contribution in [0.1, 0.15) is 50.2 Å². The van der Waals surface area contributed by atoms with Crippen LogP contribution in [0, 0.1) is 0 Å². The minimum absolute atomic E-state index is 0.0231.